The molecular weight excluding hydrogens is 188 g/mol. The van der Waals surface area contributed by atoms with Gasteiger partial charge < -0.3 is 20.5 Å². The number of rotatable bonds is 6. The first-order valence-electron chi connectivity index (χ1n) is 4.23. The average Bonchev–Trinajstić information content (AvgIpc) is 2.22. The Morgan fingerprint density at radius 2 is 2.00 bits per heavy atom. The van der Waals surface area contributed by atoms with Crippen LogP contribution in [0.5, 0.6) is 0 Å². The highest BCUT2D eigenvalue weighted by atomic mass is 16.5. The SMILES string of the molecule is COC(=O)CC(NCCN)C(=O)OC. The van der Waals surface area contributed by atoms with E-state index in [1.807, 2.05) is 0 Å². The van der Waals surface area contributed by atoms with E-state index < -0.39 is 18.0 Å². The summed E-state index contributed by atoms with van der Waals surface area (Å²) in [6.45, 7) is 0.825. The second-order valence-electron chi connectivity index (χ2n) is 2.60. The minimum absolute atomic E-state index is 0.0524. The second-order valence-corrected chi connectivity index (χ2v) is 2.60. The van der Waals surface area contributed by atoms with Crippen LogP contribution in [0.3, 0.4) is 0 Å². The lowest BCUT2D eigenvalue weighted by Gasteiger charge is -2.14. The maximum absolute atomic E-state index is 11.1. The smallest absolute Gasteiger partial charge is 0.323 e. The van der Waals surface area contributed by atoms with Gasteiger partial charge in [-0.05, 0) is 0 Å². The van der Waals surface area contributed by atoms with Gasteiger partial charge in [0.1, 0.15) is 6.04 Å². The molecule has 82 valence electrons. The first-order chi connectivity index (χ1) is 6.65. The number of nitrogens with one attached hydrogen (secondary N) is 1. The van der Waals surface area contributed by atoms with Gasteiger partial charge in [0.25, 0.3) is 0 Å². The van der Waals surface area contributed by atoms with Crippen molar-refractivity contribution in [1.29, 1.82) is 0 Å². The van der Waals surface area contributed by atoms with Crippen molar-refractivity contribution in [2.45, 2.75) is 12.5 Å². The molecule has 0 saturated heterocycles. The third kappa shape index (κ3) is 4.78. The maximum atomic E-state index is 11.1. The molecule has 0 rings (SSSR count). The van der Waals surface area contributed by atoms with Crippen LogP contribution in [0.15, 0.2) is 0 Å². The molecular formula is C8H16N2O4. The molecule has 0 aromatic rings. The molecule has 0 saturated carbocycles. The van der Waals surface area contributed by atoms with Crippen LogP contribution in [0, 0.1) is 0 Å². The van der Waals surface area contributed by atoms with Crippen molar-refractivity contribution in [1.82, 2.24) is 5.32 Å². The van der Waals surface area contributed by atoms with Gasteiger partial charge in [-0.15, -0.1) is 0 Å². The van der Waals surface area contributed by atoms with Crippen molar-refractivity contribution in [2.75, 3.05) is 27.3 Å². The number of carbonyl (C=O) groups excluding carboxylic acids is 2. The molecule has 0 fully saturated rings. The largest absolute Gasteiger partial charge is 0.469 e. The van der Waals surface area contributed by atoms with Crippen molar-refractivity contribution in [3.63, 3.8) is 0 Å². The van der Waals surface area contributed by atoms with Gasteiger partial charge in [-0.2, -0.15) is 0 Å². The quantitative estimate of drug-likeness (QED) is 0.519. The molecule has 14 heavy (non-hydrogen) atoms. The van der Waals surface area contributed by atoms with Crippen LogP contribution in [-0.2, 0) is 19.1 Å². The van der Waals surface area contributed by atoms with E-state index in [0.717, 1.165) is 0 Å². The highest BCUT2D eigenvalue weighted by molar-refractivity contribution is 5.82. The van der Waals surface area contributed by atoms with Gasteiger partial charge in [-0.1, -0.05) is 0 Å². The Labute approximate surface area is 82.7 Å². The average molecular weight is 204 g/mol. The topological polar surface area (TPSA) is 90.6 Å². The van der Waals surface area contributed by atoms with Crippen LogP contribution in [0.2, 0.25) is 0 Å². The molecule has 0 aliphatic heterocycles. The van der Waals surface area contributed by atoms with E-state index in [9.17, 15) is 9.59 Å². The molecule has 6 heteroatoms. The van der Waals surface area contributed by atoms with Crippen molar-refractivity contribution in [3.05, 3.63) is 0 Å². The first-order valence-corrected chi connectivity index (χ1v) is 4.23. The zero-order chi connectivity index (χ0) is 11.0. The van der Waals surface area contributed by atoms with Gasteiger partial charge in [0.05, 0.1) is 20.6 Å². The third-order valence-electron chi connectivity index (χ3n) is 1.62. The van der Waals surface area contributed by atoms with E-state index in [0.29, 0.717) is 13.1 Å². The number of hydrogen-bond acceptors (Lipinski definition) is 6. The molecule has 6 nitrogen and oxygen atoms in total. The molecule has 1 unspecified atom stereocenters. The summed E-state index contributed by atoms with van der Waals surface area (Å²) in [4.78, 5) is 22.0. The van der Waals surface area contributed by atoms with Crippen molar-refractivity contribution >= 4 is 11.9 Å². The fourth-order valence-corrected chi connectivity index (χ4v) is 0.889. The molecule has 3 N–H and O–H groups in total. The summed E-state index contributed by atoms with van der Waals surface area (Å²) in [5.41, 5.74) is 5.25. The Hall–Kier alpha value is -1.14. The molecule has 1 atom stereocenters. The van der Waals surface area contributed by atoms with Crippen LogP contribution in [0.1, 0.15) is 6.42 Å². The number of esters is 2. The summed E-state index contributed by atoms with van der Waals surface area (Å²) in [7, 11) is 2.52. The Morgan fingerprint density at radius 3 is 2.43 bits per heavy atom. The standard InChI is InChI=1S/C8H16N2O4/c1-13-7(11)5-6(8(12)14-2)10-4-3-9/h6,10H,3-5,9H2,1-2H3. The van der Waals surface area contributed by atoms with Gasteiger partial charge in [-0.25, -0.2) is 0 Å². The number of nitrogens with two attached hydrogens (primary N) is 1. The predicted octanol–water partition coefficient (Wildman–Crippen LogP) is -1.36. The Balaban J connectivity index is 4.09. The fraction of sp³-hybridized carbons (Fsp3) is 0.750. The molecule has 0 bridgehead atoms. The van der Waals surface area contributed by atoms with Gasteiger partial charge in [-0.3, -0.25) is 9.59 Å². The number of hydrogen-bond donors (Lipinski definition) is 2. The zero-order valence-electron chi connectivity index (χ0n) is 8.41. The summed E-state index contributed by atoms with van der Waals surface area (Å²) in [5, 5.41) is 2.78. The molecule has 0 aliphatic rings. The molecule has 0 heterocycles. The molecule has 0 aliphatic carbocycles. The Kier molecular flexibility index (Phi) is 6.69. The van der Waals surface area contributed by atoms with E-state index >= 15 is 0 Å². The molecule has 0 radical (unpaired) electrons. The number of carbonyl (C=O) groups is 2. The van der Waals surface area contributed by atoms with E-state index in [1.165, 1.54) is 14.2 Å². The highest BCUT2D eigenvalue weighted by Crippen LogP contribution is 1.96. The molecule has 0 aromatic carbocycles. The van der Waals surface area contributed by atoms with Gasteiger partial charge in [0, 0.05) is 13.1 Å². The maximum Gasteiger partial charge on any atom is 0.323 e. The minimum Gasteiger partial charge on any atom is -0.469 e. The number of ether oxygens (including phenoxy) is 2. The van der Waals surface area contributed by atoms with Gasteiger partial charge in [0.15, 0.2) is 0 Å². The summed E-state index contributed by atoms with van der Waals surface area (Å²) < 4.78 is 8.94. The Morgan fingerprint density at radius 1 is 1.36 bits per heavy atom. The summed E-state index contributed by atoms with van der Waals surface area (Å²) in [6.07, 6.45) is -0.0524. The highest BCUT2D eigenvalue weighted by Gasteiger charge is 2.21. The first kappa shape index (κ1) is 12.9. The van der Waals surface area contributed by atoms with Crippen LogP contribution in [-0.4, -0.2) is 45.3 Å². The van der Waals surface area contributed by atoms with Crippen molar-refractivity contribution in [3.8, 4) is 0 Å². The lowest BCUT2D eigenvalue weighted by atomic mass is 10.2. The lowest BCUT2D eigenvalue weighted by molar-refractivity contribution is -0.149. The van der Waals surface area contributed by atoms with Gasteiger partial charge >= 0.3 is 11.9 Å². The Bertz CT molecular complexity index is 196. The monoisotopic (exact) mass is 204 g/mol. The predicted molar refractivity (Wildman–Crippen MR) is 49.5 cm³/mol. The van der Waals surface area contributed by atoms with Crippen LogP contribution >= 0.6 is 0 Å². The van der Waals surface area contributed by atoms with E-state index in [1.54, 1.807) is 0 Å². The summed E-state index contributed by atoms with van der Waals surface area (Å²) in [5.74, 6) is -0.964. The zero-order valence-corrected chi connectivity index (χ0v) is 8.41. The van der Waals surface area contributed by atoms with Crippen LogP contribution < -0.4 is 11.1 Å². The lowest BCUT2D eigenvalue weighted by Crippen LogP contribution is -2.41. The normalized spacial score (nSPS) is 11.9. The van der Waals surface area contributed by atoms with E-state index in [-0.39, 0.29) is 6.42 Å². The van der Waals surface area contributed by atoms with Crippen molar-refractivity contribution in [2.24, 2.45) is 5.73 Å². The fourth-order valence-electron chi connectivity index (χ4n) is 0.889. The molecule has 0 spiro atoms. The minimum atomic E-state index is -0.684. The second kappa shape index (κ2) is 7.28. The number of methoxy groups -OCH3 is 2. The van der Waals surface area contributed by atoms with Crippen LogP contribution in [0.4, 0.5) is 0 Å². The molecule has 0 aromatic heterocycles. The van der Waals surface area contributed by atoms with E-state index in [2.05, 4.69) is 14.8 Å². The summed E-state index contributed by atoms with van der Waals surface area (Å²) in [6, 6.07) is -0.684. The molecule has 0 amide bonds. The van der Waals surface area contributed by atoms with Crippen LogP contribution in [0.25, 0.3) is 0 Å². The van der Waals surface area contributed by atoms with E-state index in [4.69, 9.17) is 5.73 Å². The third-order valence-corrected chi connectivity index (χ3v) is 1.62. The van der Waals surface area contributed by atoms with Crippen molar-refractivity contribution < 1.29 is 19.1 Å². The van der Waals surface area contributed by atoms with Gasteiger partial charge in [0.2, 0.25) is 0 Å². The summed E-state index contributed by atoms with van der Waals surface area (Å²) >= 11 is 0.